The average Bonchev–Trinajstić information content (AvgIpc) is 3.17. The number of nitrogens with zero attached hydrogens (tertiary/aromatic N) is 2. The Hall–Kier alpha value is -2.96. The minimum absolute atomic E-state index is 0.142. The van der Waals surface area contributed by atoms with Crippen molar-refractivity contribution in [2.75, 3.05) is 0 Å². The number of aryl methyl sites for hydroxylation is 1. The quantitative estimate of drug-likeness (QED) is 0.473. The van der Waals surface area contributed by atoms with Crippen molar-refractivity contribution in [3.63, 3.8) is 0 Å². The van der Waals surface area contributed by atoms with Crippen LogP contribution in [-0.4, -0.2) is 49.6 Å². The molecule has 3 fully saturated rings. The fourth-order valence-electron chi connectivity index (χ4n) is 7.16. The summed E-state index contributed by atoms with van der Waals surface area (Å²) in [5.41, 5.74) is 1.24. The number of carbonyl (C=O) groups is 4. The molecule has 5 rings (SSSR count). The van der Waals surface area contributed by atoms with Gasteiger partial charge in [-0.15, -0.1) is 0 Å². The lowest BCUT2D eigenvalue weighted by molar-refractivity contribution is -0.147. The van der Waals surface area contributed by atoms with Crippen molar-refractivity contribution < 1.29 is 24.3 Å². The van der Waals surface area contributed by atoms with E-state index >= 15 is 0 Å². The fourth-order valence-corrected chi connectivity index (χ4v) is 7.16. The molecule has 4 aliphatic rings. The van der Waals surface area contributed by atoms with Crippen LogP contribution in [0, 0.1) is 36.5 Å². The molecule has 2 saturated heterocycles. The van der Waals surface area contributed by atoms with Crippen molar-refractivity contribution in [1.82, 2.24) is 9.80 Å². The van der Waals surface area contributed by atoms with Crippen molar-refractivity contribution in [1.29, 1.82) is 0 Å². The van der Waals surface area contributed by atoms with Gasteiger partial charge in [-0.2, -0.15) is 0 Å². The van der Waals surface area contributed by atoms with E-state index in [1.165, 1.54) is 9.80 Å². The van der Waals surface area contributed by atoms with Gasteiger partial charge in [0.1, 0.15) is 5.75 Å². The summed E-state index contributed by atoms with van der Waals surface area (Å²) in [4.78, 5) is 57.5. The van der Waals surface area contributed by atoms with Crippen LogP contribution in [0.4, 0.5) is 0 Å². The molecule has 7 heteroatoms. The number of phenols is 1. The summed E-state index contributed by atoms with van der Waals surface area (Å²) in [6.45, 7) is 13.0. The highest BCUT2D eigenvalue weighted by Gasteiger charge is 2.63. The Kier molecular flexibility index (Phi) is 5.33. The molecule has 0 aromatic heterocycles. The molecule has 0 radical (unpaired) electrons. The van der Waals surface area contributed by atoms with Crippen LogP contribution in [0.2, 0.25) is 0 Å². The summed E-state index contributed by atoms with van der Waals surface area (Å²) >= 11 is 0. The summed E-state index contributed by atoms with van der Waals surface area (Å²) < 4.78 is 0. The topological polar surface area (TPSA) is 95.0 Å². The number of fused-ring (bicyclic) bond motifs is 4. The third-order valence-corrected chi connectivity index (χ3v) is 8.57. The number of carbonyl (C=O) groups excluding carboxylic acids is 4. The molecule has 2 aliphatic carbocycles. The molecule has 6 unspecified atom stereocenters. The molecule has 7 nitrogen and oxygen atoms in total. The summed E-state index contributed by atoms with van der Waals surface area (Å²) in [6, 6.07) is 5.33. The normalized spacial score (nSPS) is 32.5. The first-order chi connectivity index (χ1) is 16.6. The van der Waals surface area contributed by atoms with Crippen LogP contribution < -0.4 is 0 Å². The summed E-state index contributed by atoms with van der Waals surface area (Å²) in [7, 11) is 0. The number of allylic oxidation sites excluding steroid dienone is 2. The van der Waals surface area contributed by atoms with Crippen LogP contribution in [-0.2, 0) is 19.2 Å². The van der Waals surface area contributed by atoms with Crippen molar-refractivity contribution in [2.45, 2.75) is 78.3 Å². The Morgan fingerprint density at radius 3 is 1.89 bits per heavy atom. The van der Waals surface area contributed by atoms with Gasteiger partial charge in [0.25, 0.3) is 0 Å². The molecule has 1 aromatic carbocycles. The first-order valence-electron chi connectivity index (χ1n) is 12.9. The van der Waals surface area contributed by atoms with Crippen molar-refractivity contribution in [3.8, 4) is 5.75 Å². The van der Waals surface area contributed by atoms with Crippen LogP contribution in [0.15, 0.2) is 29.8 Å². The largest absolute Gasteiger partial charge is 0.508 e. The van der Waals surface area contributed by atoms with Gasteiger partial charge in [-0.3, -0.25) is 29.0 Å². The van der Waals surface area contributed by atoms with Crippen LogP contribution in [0.25, 0.3) is 0 Å². The van der Waals surface area contributed by atoms with Crippen molar-refractivity contribution in [3.05, 3.63) is 41.0 Å². The maximum atomic E-state index is 13.8. The predicted octanol–water partition coefficient (Wildman–Crippen LogP) is 3.93. The van der Waals surface area contributed by atoms with Gasteiger partial charge in [0, 0.05) is 17.0 Å². The minimum Gasteiger partial charge on any atom is -0.508 e. The van der Waals surface area contributed by atoms with E-state index in [9.17, 15) is 24.3 Å². The molecule has 2 aliphatic heterocycles. The fraction of sp³-hybridized carbons (Fsp3) is 0.586. The molecular weight excluding hydrogens is 456 g/mol. The highest BCUT2D eigenvalue weighted by Crippen LogP contribution is 2.58. The summed E-state index contributed by atoms with van der Waals surface area (Å²) in [5, 5.41) is 10.2. The number of phenolic OH excluding ortho intramolecular Hbond substituents is 1. The number of benzene rings is 1. The van der Waals surface area contributed by atoms with Gasteiger partial charge in [-0.1, -0.05) is 23.8 Å². The standard InChI is InChI=1S/C29H36N2O5/c1-14-12-15(8-11-20(14)32)21-16-9-10-17-22(26(35)30(24(17)33)28(2,3)4)18(16)13-19-23(21)27(36)31(25(19)34)29(5,6)7/h8-9,11-12,17-19,21-23,32H,10,13H2,1-7H3. The zero-order valence-electron chi connectivity index (χ0n) is 22.2. The molecule has 1 aromatic rings. The van der Waals surface area contributed by atoms with Gasteiger partial charge in [0.2, 0.25) is 23.6 Å². The second-order valence-corrected chi connectivity index (χ2v) is 12.9. The lowest BCUT2D eigenvalue weighted by Gasteiger charge is -2.44. The van der Waals surface area contributed by atoms with Crippen molar-refractivity contribution in [2.24, 2.45) is 29.6 Å². The highest BCUT2D eigenvalue weighted by atomic mass is 16.3. The van der Waals surface area contributed by atoms with Crippen LogP contribution >= 0.6 is 0 Å². The zero-order chi connectivity index (χ0) is 26.5. The Labute approximate surface area is 212 Å². The predicted molar refractivity (Wildman–Crippen MR) is 134 cm³/mol. The zero-order valence-corrected chi connectivity index (χ0v) is 22.2. The first-order valence-corrected chi connectivity index (χ1v) is 12.9. The van der Waals surface area contributed by atoms with E-state index in [1.54, 1.807) is 6.07 Å². The van der Waals surface area contributed by atoms with E-state index in [-0.39, 0.29) is 41.2 Å². The van der Waals surface area contributed by atoms with E-state index in [0.717, 1.165) is 11.1 Å². The van der Waals surface area contributed by atoms with E-state index in [4.69, 9.17) is 0 Å². The van der Waals surface area contributed by atoms with E-state index < -0.39 is 34.7 Å². The summed E-state index contributed by atoms with van der Waals surface area (Å²) in [5.74, 6) is -3.26. The third-order valence-electron chi connectivity index (χ3n) is 8.57. The minimum atomic E-state index is -0.662. The second kappa shape index (κ2) is 7.77. The van der Waals surface area contributed by atoms with E-state index in [0.29, 0.717) is 18.4 Å². The molecule has 6 atom stereocenters. The first kappa shape index (κ1) is 24.7. The smallest absolute Gasteiger partial charge is 0.234 e. The molecule has 1 saturated carbocycles. The van der Waals surface area contributed by atoms with Crippen LogP contribution in [0.1, 0.15) is 71.4 Å². The molecule has 0 spiro atoms. The molecule has 4 amide bonds. The number of hydrogen-bond donors (Lipinski definition) is 1. The van der Waals surface area contributed by atoms with Crippen LogP contribution in [0.5, 0.6) is 5.75 Å². The molecule has 192 valence electrons. The molecule has 0 bridgehead atoms. The monoisotopic (exact) mass is 492 g/mol. The molecule has 2 heterocycles. The molecule has 36 heavy (non-hydrogen) atoms. The Bertz CT molecular complexity index is 1220. The number of aromatic hydroxyl groups is 1. The number of rotatable bonds is 1. The maximum absolute atomic E-state index is 13.8. The lowest BCUT2D eigenvalue weighted by atomic mass is 9.57. The SMILES string of the molecule is Cc1cc(C2C3=CCC4C(=O)N(C(C)(C)C)C(=O)C4C3CC3C(=O)N(C(C)(C)C)C(=O)C32)ccc1O. The Balaban J connectivity index is 1.66. The lowest BCUT2D eigenvalue weighted by Crippen LogP contribution is -2.47. The van der Waals surface area contributed by atoms with Crippen LogP contribution in [0.3, 0.4) is 0 Å². The number of amides is 4. The molecular formula is C29H36N2O5. The Morgan fingerprint density at radius 1 is 0.778 bits per heavy atom. The maximum Gasteiger partial charge on any atom is 0.234 e. The molecule has 1 N–H and O–H groups in total. The number of likely N-dealkylation sites (tertiary alicyclic amines) is 2. The van der Waals surface area contributed by atoms with Crippen molar-refractivity contribution >= 4 is 23.6 Å². The van der Waals surface area contributed by atoms with E-state index in [2.05, 4.69) is 6.08 Å². The summed E-state index contributed by atoms with van der Waals surface area (Å²) in [6.07, 6.45) is 2.90. The van der Waals surface area contributed by atoms with Gasteiger partial charge < -0.3 is 5.11 Å². The van der Waals surface area contributed by atoms with Gasteiger partial charge in [-0.05, 0) is 84.4 Å². The average molecular weight is 493 g/mol. The number of imide groups is 2. The number of hydrogen-bond acceptors (Lipinski definition) is 5. The van der Waals surface area contributed by atoms with Gasteiger partial charge >= 0.3 is 0 Å². The Morgan fingerprint density at radius 2 is 1.33 bits per heavy atom. The van der Waals surface area contributed by atoms with Gasteiger partial charge in [0.15, 0.2) is 0 Å². The third kappa shape index (κ3) is 3.38. The second-order valence-electron chi connectivity index (χ2n) is 12.9. The van der Waals surface area contributed by atoms with Gasteiger partial charge in [0.05, 0.1) is 23.7 Å². The van der Waals surface area contributed by atoms with Gasteiger partial charge in [-0.25, -0.2) is 0 Å². The van der Waals surface area contributed by atoms with E-state index in [1.807, 2.05) is 60.6 Å². The highest BCUT2D eigenvalue weighted by molar-refractivity contribution is 6.08.